The number of methoxy groups -OCH3 is 1. The number of nitrogens with zero attached hydrogens (tertiary/aromatic N) is 2. The number of furan rings is 1. The number of rotatable bonds is 8. The van der Waals surface area contributed by atoms with Gasteiger partial charge in [0.25, 0.3) is 5.56 Å². The Balaban J connectivity index is 1.60. The van der Waals surface area contributed by atoms with Crippen molar-refractivity contribution in [3.8, 4) is 17.1 Å². The van der Waals surface area contributed by atoms with Crippen LogP contribution >= 0.6 is 11.3 Å². The topological polar surface area (TPSA) is 109 Å². The molecule has 4 aromatic rings. The molecule has 0 aliphatic carbocycles. The molecule has 2 aromatic heterocycles. The Labute approximate surface area is 246 Å². The zero-order valence-corrected chi connectivity index (χ0v) is 24.7. The highest BCUT2D eigenvalue weighted by molar-refractivity contribution is 7.07. The Morgan fingerprint density at radius 1 is 1.02 bits per heavy atom. The standard InChI is InChI=1S/C32H30N2O7S/c1-6-39-21-13-11-20(12-14-21)28-27(31(37)40-7-2)19(4)33-32-34(28)29(35)26(42-32)17-22-15-16-25(41-22)23-9-8-10-24(18(23)3)30(36)38-5/h8-17,28H,6-7H2,1-5H3/b26-17+/t28-/m0/s1. The first-order chi connectivity index (χ1) is 20.3. The number of esters is 2. The molecule has 0 saturated carbocycles. The third-order valence-corrected chi connectivity index (χ3v) is 7.91. The van der Waals surface area contributed by atoms with Crippen molar-refractivity contribution in [1.29, 1.82) is 0 Å². The molecule has 0 radical (unpaired) electrons. The largest absolute Gasteiger partial charge is 0.494 e. The van der Waals surface area contributed by atoms with Crippen molar-refractivity contribution in [1.82, 2.24) is 4.57 Å². The summed E-state index contributed by atoms with van der Waals surface area (Å²) in [5, 5.41) is 0. The lowest BCUT2D eigenvalue weighted by atomic mass is 9.96. The lowest BCUT2D eigenvalue weighted by Crippen LogP contribution is -2.39. The summed E-state index contributed by atoms with van der Waals surface area (Å²) in [6.07, 6.45) is 1.66. The van der Waals surface area contributed by atoms with Crippen LogP contribution in [0.4, 0.5) is 0 Å². The molecule has 1 atom stereocenters. The van der Waals surface area contributed by atoms with Crippen LogP contribution in [0.2, 0.25) is 0 Å². The molecular formula is C32H30N2O7S. The molecule has 0 spiro atoms. The van der Waals surface area contributed by atoms with E-state index in [-0.39, 0.29) is 12.2 Å². The molecule has 3 heterocycles. The average molecular weight is 587 g/mol. The summed E-state index contributed by atoms with van der Waals surface area (Å²) in [6.45, 7) is 7.92. The van der Waals surface area contributed by atoms with Crippen molar-refractivity contribution in [3.63, 3.8) is 0 Å². The maximum Gasteiger partial charge on any atom is 0.338 e. The van der Waals surface area contributed by atoms with Crippen LogP contribution in [0.15, 0.2) is 80.1 Å². The highest BCUT2D eigenvalue weighted by atomic mass is 32.1. The molecule has 0 saturated heterocycles. The van der Waals surface area contributed by atoms with E-state index in [0.717, 1.165) is 16.7 Å². The van der Waals surface area contributed by atoms with Gasteiger partial charge in [0, 0.05) is 11.6 Å². The predicted molar refractivity (Wildman–Crippen MR) is 158 cm³/mol. The number of aromatic nitrogens is 1. The lowest BCUT2D eigenvalue weighted by molar-refractivity contribution is -0.139. The Hall–Kier alpha value is -4.70. The van der Waals surface area contributed by atoms with Crippen LogP contribution in [0.5, 0.6) is 5.75 Å². The van der Waals surface area contributed by atoms with Crippen LogP contribution < -0.4 is 19.6 Å². The number of carbonyl (C=O) groups is 2. The van der Waals surface area contributed by atoms with Gasteiger partial charge in [-0.25, -0.2) is 14.6 Å². The number of ether oxygens (including phenoxy) is 3. The van der Waals surface area contributed by atoms with Gasteiger partial charge in [-0.2, -0.15) is 0 Å². The summed E-state index contributed by atoms with van der Waals surface area (Å²) >= 11 is 1.21. The van der Waals surface area contributed by atoms with E-state index in [1.165, 1.54) is 23.0 Å². The van der Waals surface area contributed by atoms with E-state index in [1.54, 1.807) is 44.2 Å². The minimum absolute atomic E-state index is 0.193. The van der Waals surface area contributed by atoms with Gasteiger partial charge < -0.3 is 18.6 Å². The lowest BCUT2D eigenvalue weighted by Gasteiger charge is -2.24. The smallest absolute Gasteiger partial charge is 0.338 e. The molecule has 1 aliphatic rings. The minimum atomic E-state index is -0.728. The first-order valence-electron chi connectivity index (χ1n) is 13.5. The van der Waals surface area contributed by atoms with Gasteiger partial charge in [0.05, 0.1) is 47.7 Å². The summed E-state index contributed by atoms with van der Waals surface area (Å²) in [4.78, 5) is 44.2. The van der Waals surface area contributed by atoms with Crippen molar-refractivity contribution >= 4 is 29.4 Å². The summed E-state index contributed by atoms with van der Waals surface area (Å²) in [6, 6.07) is 15.4. The number of thiazole rings is 1. The molecule has 0 bridgehead atoms. The first kappa shape index (κ1) is 28.8. The molecule has 216 valence electrons. The third kappa shape index (κ3) is 5.33. The van der Waals surface area contributed by atoms with Gasteiger partial charge >= 0.3 is 11.9 Å². The van der Waals surface area contributed by atoms with Gasteiger partial charge in [-0.15, -0.1) is 0 Å². The number of hydrogen-bond acceptors (Lipinski definition) is 9. The molecular weight excluding hydrogens is 556 g/mol. The van der Waals surface area contributed by atoms with Gasteiger partial charge in [-0.05, 0) is 69.2 Å². The summed E-state index contributed by atoms with van der Waals surface area (Å²) in [7, 11) is 1.34. The molecule has 0 amide bonds. The molecule has 2 aromatic carbocycles. The maximum atomic E-state index is 13.9. The monoisotopic (exact) mass is 586 g/mol. The van der Waals surface area contributed by atoms with Crippen LogP contribution in [0.3, 0.4) is 0 Å². The van der Waals surface area contributed by atoms with Gasteiger partial charge in [-0.1, -0.05) is 35.6 Å². The van der Waals surface area contributed by atoms with Gasteiger partial charge in [0.15, 0.2) is 4.80 Å². The second-order valence-electron chi connectivity index (χ2n) is 9.48. The maximum absolute atomic E-state index is 13.9. The van der Waals surface area contributed by atoms with Gasteiger partial charge in [-0.3, -0.25) is 9.36 Å². The fourth-order valence-corrected chi connectivity index (χ4v) is 5.98. The molecule has 9 nitrogen and oxygen atoms in total. The van der Waals surface area contributed by atoms with E-state index < -0.39 is 18.0 Å². The molecule has 42 heavy (non-hydrogen) atoms. The van der Waals surface area contributed by atoms with E-state index in [1.807, 2.05) is 44.2 Å². The highest BCUT2D eigenvalue weighted by Crippen LogP contribution is 2.32. The van der Waals surface area contributed by atoms with E-state index in [0.29, 0.717) is 50.0 Å². The van der Waals surface area contributed by atoms with Gasteiger partial charge in [0.1, 0.15) is 17.3 Å². The second-order valence-corrected chi connectivity index (χ2v) is 10.5. The molecule has 0 N–H and O–H groups in total. The van der Waals surface area contributed by atoms with Crippen molar-refractivity contribution in [2.45, 2.75) is 33.7 Å². The molecule has 10 heteroatoms. The Bertz CT molecular complexity index is 1880. The number of allylic oxidation sites excluding steroid dienone is 1. The zero-order chi connectivity index (χ0) is 30.0. The third-order valence-electron chi connectivity index (χ3n) is 6.93. The van der Waals surface area contributed by atoms with Crippen LogP contribution in [0, 0.1) is 6.92 Å². The fourth-order valence-electron chi connectivity index (χ4n) is 4.96. The number of fused-ring (bicyclic) bond motifs is 1. The fraction of sp³-hybridized carbons (Fsp3) is 0.250. The predicted octanol–water partition coefficient (Wildman–Crippen LogP) is 4.55. The van der Waals surface area contributed by atoms with Crippen molar-refractivity contribution < 1.29 is 28.2 Å². The molecule has 1 aliphatic heterocycles. The highest BCUT2D eigenvalue weighted by Gasteiger charge is 2.33. The number of benzene rings is 2. The van der Waals surface area contributed by atoms with Crippen molar-refractivity contribution in [2.75, 3.05) is 20.3 Å². The van der Waals surface area contributed by atoms with E-state index in [2.05, 4.69) is 4.99 Å². The second kappa shape index (κ2) is 12.0. The molecule has 0 unspecified atom stereocenters. The van der Waals surface area contributed by atoms with Crippen molar-refractivity contribution in [3.05, 3.63) is 108 Å². The zero-order valence-electron chi connectivity index (χ0n) is 23.9. The van der Waals surface area contributed by atoms with E-state index >= 15 is 0 Å². The summed E-state index contributed by atoms with van der Waals surface area (Å²) < 4.78 is 23.8. The van der Waals surface area contributed by atoms with E-state index in [9.17, 15) is 14.4 Å². The van der Waals surface area contributed by atoms with Crippen LogP contribution in [0.1, 0.15) is 54.1 Å². The van der Waals surface area contributed by atoms with Crippen LogP contribution in [-0.4, -0.2) is 36.8 Å². The van der Waals surface area contributed by atoms with Crippen molar-refractivity contribution in [2.24, 2.45) is 4.99 Å². The van der Waals surface area contributed by atoms with E-state index in [4.69, 9.17) is 18.6 Å². The molecule has 0 fully saturated rings. The van der Waals surface area contributed by atoms with Gasteiger partial charge in [0.2, 0.25) is 0 Å². The number of carbonyl (C=O) groups excluding carboxylic acids is 2. The summed E-state index contributed by atoms with van der Waals surface area (Å²) in [5.41, 5.74) is 3.12. The quantitative estimate of drug-likeness (QED) is 0.279. The van der Waals surface area contributed by atoms with Crippen LogP contribution in [-0.2, 0) is 14.3 Å². The normalized spacial score (nSPS) is 14.8. The minimum Gasteiger partial charge on any atom is -0.494 e. The Morgan fingerprint density at radius 3 is 2.48 bits per heavy atom. The first-order valence-corrected chi connectivity index (χ1v) is 14.3. The molecule has 5 rings (SSSR count). The summed E-state index contributed by atoms with van der Waals surface area (Å²) in [5.74, 6) is 0.740. The number of hydrogen-bond donors (Lipinski definition) is 0. The van der Waals surface area contributed by atoms with Crippen LogP contribution in [0.25, 0.3) is 17.4 Å². The average Bonchev–Trinajstić information content (AvgIpc) is 3.56. The SMILES string of the molecule is CCOC(=O)C1=C(C)N=c2s/c(=C/c3ccc(-c4cccc(C(=O)OC)c4C)o3)c(=O)n2[C@H]1c1ccc(OCC)cc1. The Kier molecular flexibility index (Phi) is 8.26. The Morgan fingerprint density at radius 2 is 1.79 bits per heavy atom.